The summed E-state index contributed by atoms with van der Waals surface area (Å²) in [4.78, 5) is 25.5. The molecular formula is C14H25NO3. The van der Waals surface area contributed by atoms with Crippen LogP contribution in [0.3, 0.4) is 0 Å². The Hall–Kier alpha value is -1.06. The maximum Gasteiger partial charge on any atom is 0.316 e. The number of carboxylic acids is 1. The van der Waals surface area contributed by atoms with E-state index in [2.05, 4.69) is 0 Å². The van der Waals surface area contributed by atoms with Crippen molar-refractivity contribution in [3.63, 3.8) is 0 Å². The number of carbonyl (C=O) groups excluding carboxylic acids is 1. The standard InChI is InChI=1S/C14H25NO3/c1-14(2,3)11(13(17)18)12(16)15-9-7-5-4-6-8-10-15/h11H,4-10H2,1-3H3,(H,17,18). The smallest absolute Gasteiger partial charge is 0.316 e. The number of amides is 1. The molecule has 1 N–H and O–H groups in total. The molecule has 1 fully saturated rings. The Balaban J connectivity index is 2.78. The third kappa shape index (κ3) is 4.00. The van der Waals surface area contributed by atoms with Crippen LogP contribution in [0.5, 0.6) is 0 Å². The largest absolute Gasteiger partial charge is 0.481 e. The Morgan fingerprint density at radius 3 is 1.83 bits per heavy atom. The fourth-order valence-electron chi connectivity index (χ4n) is 2.50. The molecular weight excluding hydrogens is 230 g/mol. The summed E-state index contributed by atoms with van der Waals surface area (Å²) in [5.74, 6) is -2.15. The van der Waals surface area contributed by atoms with E-state index in [0.717, 1.165) is 25.7 Å². The molecule has 1 atom stereocenters. The van der Waals surface area contributed by atoms with Gasteiger partial charge in [0.2, 0.25) is 5.91 Å². The average molecular weight is 255 g/mol. The van der Waals surface area contributed by atoms with Gasteiger partial charge in [0.05, 0.1) is 0 Å². The highest BCUT2D eigenvalue weighted by Gasteiger charge is 2.39. The molecule has 18 heavy (non-hydrogen) atoms. The number of likely N-dealkylation sites (tertiary alicyclic amines) is 1. The number of rotatable bonds is 2. The zero-order valence-electron chi connectivity index (χ0n) is 11.7. The molecule has 1 amide bonds. The fourth-order valence-corrected chi connectivity index (χ4v) is 2.50. The van der Waals surface area contributed by atoms with Crippen LogP contribution in [0.2, 0.25) is 0 Å². The van der Waals surface area contributed by atoms with E-state index in [1.165, 1.54) is 6.42 Å². The number of carboxylic acid groups (broad SMARTS) is 1. The maximum absolute atomic E-state index is 12.4. The summed E-state index contributed by atoms with van der Waals surface area (Å²) in [6, 6.07) is 0. The molecule has 1 aliphatic rings. The molecule has 0 radical (unpaired) electrons. The predicted octanol–water partition coefficient (Wildman–Crippen LogP) is 2.53. The lowest BCUT2D eigenvalue weighted by Crippen LogP contribution is -2.46. The summed E-state index contributed by atoms with van der Waals surface area (Å²) < 4.78 is 0. The minimum atomic E-state index is -1.01. The molecule has 0 aromatic heterocycles. The van der Waals surface area contributed by atoms with Gasteiger partial charge in [0.1, 0.15) is 5.92 Å². The molecule has 0 aromatic carbocycles. The Morgan fingerprint density at radius 1 is 1.00 bits per heavy atom. The predicted molar refractivity (Wildman–Crippen MR) is 70.2 cm³/mol. The molecule has 1 aliphatic heterocycles. The van der Waals surface area contributed by atoms with Gasteiger partial charge in [0, 0.05) is 13.1 Å². The van der Waals surface area contributed by atoms with Gasteiger partial charge in [-0.1, -0.05) is 40.0 Å². The Morgan fingerprint density at radius 2 is 1.44 bits per heavy atom. The lowest BCUT2D eigenvalue weighted by Gasteiger charge is -2.32. The summed E-state index contributed by atoms with van der Waals surface area (Å²) in [6.07, 6.45) is 5.47. The van der Waals surface area contributed by atoms with Gasteiger partial charge in [-0.05, 0) is 18.3 Å². The highest BCUT2D eigenvalue weighted by molar-refractivity contribution is 5.97. The van der Waals surface area contributed by atoms with Crippen molar-refractivity contribution in [1.29, 1.82) is 0 Å². The Kier molecular flexibility index (Phi) is 5.17. The Bertz CT molecular complexity index is 299. The summed E-state index contributed by atoms with van der Waals surface area (Å²) in [6.45, 7) is 6.85. The van der Waals surface area contributed by atoms with Crippen LogP contribution in [-0.4, -0.2) is 35.0 Å². The van der Waals surface area contributed by atoms with Crippen LogP contribution in [0.4, 0.5) is 0 Å². The first kappa shape index (κ1) is 15.0. The lowest BCUT2D eigenvalue weighted by atomic mass is 9.79. The normalized spacial score (nSPS) is 19.8. The second-order valence-corrected chi connectivity index (χ2v) is 6.23. The molecule has 0 spiro atoms. The number of nitrogens with zero attached hydrogens (tertiary/aromatic N) is 1. The third-order valence-electron chi connectivity index (χ3n) is 3.53. The van der Waals surface area contributed by atoms with E-state index < -0.39 is 17.3 Å². The van der Waals surface area contributed by atoms with Gasteiger partial charge in [-0.2, -0.15) is 0 Å². The van der Waals surface area contributed by atoms with Gasteiger partial charge in [0.25, 0.3) is 0 Å². The van der Waals surface area contributed by atoms with Crippen molar-refractivity contribution < 1.29 is 14.7 Å². The van der Waals surface area contributed by atoms with Gasteiger partial charge in [-0.15, -0.1) is 0 Å². The van der Waals surface area contributed by atoms with E-state index in [1.54, 1.807) is 4.90 Å². The van der Waals surface area contributed by atoms with Crippen molar-refractivity contribution in [2.45, 2.75) is 52.9 Å². The molecule has 0 aliphatic carbocycles. The first-order valence-corrected chi connectivity index (χ1v) is 6.85. The monoisotopic (exact) mass is 255 g/mol. The van der Waals surface area contributed by atoms with Crippen molar-refractivity contribution in [2.75, 3.05) is 13.1 Å². The molecule has 0 bridgehead atoms. The zero-order chi connectivity index (χ0) is 13.8. The minimum absolute atomic E-state index is 0.211. The molecule has 4 heteroatoms. The molecule has 1 unspecified atom stereocenters. The zero-order valence-corrected chi connectivity index (χ0v) is 11.7. The highest BCUT2D eigenvalue weighted by Crippen LogP contribution is 2.28. The minimum Gasteiger partial charge on any atom is -0.481 e. The summed E-state index contributed by atoms with van der Waals surface area (Å²) >= 11 is 0. The molecule has 0 saturated carbocycles. The Labute approximate surface area is 109 Å². The van der Waals surface area contributed by atoms with Gasteiger partial charge >= 0.3 is 5.97 Å². The molecule has 0 aromatic rings. The van der Waals surface area contributed by atoms with Crippen molar-refractivity contribution >= 4 is 11.9 Å². The van der Waals surface area contributed by atoms with Crippen molar-refractivity contribution in [1.82, 2.24) is 4.90 Å². The first-order valence-electron chi connectivity index (χ1n) is 6.85. The molecule has 1 rings (SSSR count). The number of aliphatic carboxylic acids is 1. The summed E-state index contributed by atoms with van der Waals surface area (Å²) in [5.41, 5.74) is -0.536. The number of hydrogen-bond donors (Lipinski definition) is 1. The number of hydrogen-bond acceptors (Lipinski definition) is 2. The maximum atomic E-state index is 12.4. The van der Waals surface area contributed by atoms with Gasteiger partial charge in [-0.3, -0.25) is 9.59 Å². The van der Waals surface area contributed by atoms with E-state index in [-0.39, 0.29) is 5.91 Å². The molecule has 4 nitrogen and oxygen atoms in total. The molecule has 104 valence electrons. The first-order chi connectivity index (χ1) is 8.34. The van der Waals surface area contributed by atoms with Crippen molar-refractivity contribution in [3.05, 3.63) is 0 Å². The van der Waals surface area contributed by atoms with E-state index in [1.807, 2.05) is 20.8 Å². The van der Waals surface area contributed by atoms with Crippen molar-refractivity contribution in [2.24, 2.45) is 11.3 Å². The average Bonchev–Trinajstić information content (AvgIpc) is 2.12. The van der Waals surface area contributed by atoms with Crippen LogP contribution in [0.25, 0.3) is 0 Å². The van der Waals surface area contributed by atoms with E-state index >= 15 is 0 Å². The van der Waals surface area contributed by atoms with Crippen LogP contribution >= 0.6 is 0 Å². The highest BCUT2D eigenvalue weighted by atomic mass is 16.4. The molecule has 1 saturated heterocycles. The second kappa shape index (κ2) is 6.21. The van der Waals surface area contributed by atoms with E-state index in [0.29, 0.717) is 13.1 Å². The van der Waals surface area contributed by atoms with E-state index in [9.17, 15) is 14.7 Å². The summed E-state index contributed by atoms with van der Waals surface area (Å²) in [7, 11) is 0. The quantitative estimate of drug-likeness (QED) is 0.771. The van der Waals surface area contributed by atoms with Crippen LogP contribution in [0.1, 0.15) is 52.9 Å². The topological polar surface area (TPSA) is 57.6 Å². The van der Waals surface area contributed by atoms with Crippen molar-refractivity contribution in [3.8, 4) is 0 Å². The van der Waals surface area contributed by atoms with Crippen LogP contribution in [0.15, 0.2) is 0 Å². The van der Waals surface area contributed by atoms with Crippen LogP contribution in [0, 0.1) is 11.3 Å². The van der Waals surface area contributed by atoms with Crippen LogP contribution < -0.4 is 0 Å². The molecule has 1 heterocycles. The fraction of sp³-hybridized carbons (Fsp3) is 0.857. The van der Waals surface area contributed by atoms with E-state index in [4.69, 9.17) is 0 Å². The SMILES string of the molecule is CC(C)(C)C(C(=O)O)C(=O)N1CCCCCCC1. The number of carbonyl (C=O) groups is 2. The van der Waals surface area contributed by atoms with Gasteiger partial charge in [-0.25, -0.2) is 0 Å². The third-order valence-corrected chi connectivity index (χ3v) is 3.53. The summed E-state index contributed by atoms with van der Waals surface area (Å²) in [5, 5.41) is 9.29. The van der Waals surface area contributed by atoms with Gasteiger partial charge < -0.3 is 10.0 Å². The van der Waals surface area contributed by atoms with Crippen LogP contribution in [-0.2, 0) is 9.59 Å². The second-order valence-electron chi connectivity index (χ2n) is 6.23. The van der Waals surface area contributed by atoms with Gasteiger partial charge in [0.15, 0.2) is 0 Å². The lowest BCUT2D eigenvalue weighted by molar-refractivity contribution is -0.156.